The van der Waals surface area contributed by atoms with E-state index in [9.17, 15) is 4.79 Å². The van der Waals surface area contributed by atoms with E-state index >= 15 is 0 Å². The van der Waals surface area contributed by atoms with E-state index in [2.05, 4.69) is 12.2 Å². The highest BCUT2D eigenvalue weighted by molar-refractivity contribution is 6.01. The molecule has 1 aliphatic rings. The van der Waals surface area contributed by atoms with E-state index in [-0.39, 0.29) is 12.1 Å². The summed E-state index contributed by atoms with van der Waals surface area (Å²) in [5.41, 5.74) is 3.43. The van der Waals surface area contributed by atoms with E-state index < -0.39 is 0 Å². The fourth-order valence-corrected chi connectivity index (χ4v) is 3.96. The number of nitrogens with one attached hydrogen (secondary N) is 1. The summed E-state index contributed by atoms with van der Waals surface area (Å²) < 4.78 is 16.9. The van der Waals surface area contributed by atoms with Crippen LogP contribution in [0.2, 0.25) is 0 Å². The van der Waals surface area contributed by atoms with Crippen molar-refractivity contribution >= 4 is 11.6 Å². The second-order valence-electron chi connectivity index (χ2n) is 7.63. The standard InChI is InChI=1S/C26H28N2O4/c1-4-14-28-25(27-23-11-6-5-10-22(23)26(28)29)18-12-13-24(31-3)19(15-18)17-32-21-9-7-8-20(16-21)30-2/h5-13,15-16,25,27H,4,14,17H2,1-3H3/t25-/m0/s1. The summed E-state index contributed by atoms with van der Waals surface area (Å²) in [5.74, 6) is 2.23. The van der Waals surface area contributed by atoms with Crippen molar-refractivity contribution in [1.82, 2.24) is 4.90 Å². The van der Waals surface area contributed by atoms with E-state index in [1.807, 2.05) is 71.6 Å². The molecule has 4 rings (SSSR count). The van der Waals surface area contributed by atoms with Gasteiger partial charge in [-0.3, -0.25) is 4.79 Å². The van der Waals surface area contributed by atoms with E-state index in [1.54, 1.807) is 14.2 Å². The predicted octanol–water partition coefficient (Wildman–Crippen LogP) is 5.26. The van der Waals surface area contributed by atoms with Crippen LogP contribution in [0.3, 0.4) is 0 Å². The first-order valence-corrected chi connectivity index (χ1v) is 10.7. The summed E-state index contributed by atoms with van der Waals surface area (Å²) >= 11 is 0. The van der Waals surface area contributed by atoms with Crippen molar-refractivity contribution < 1.29 is 19.0 Å². The monoisotopic (exact) mass is 432 g/mol. The van der Waals surface area contributed by atoms with Gasteiger partial charge in [-0.25, -0.2) is 0 Å². The molecular weight excluding hydrogens is 404 g/mol. The van der Waals surface area contributed by atoms with E-state index in [0.29, 0.717) is 24.5 Å². The highest BCUT2D eigenvalue weighted by atomic mass is 16.5. The van der Waals surface area contributed by atoms with E-state index in [1.165, 1.54) is 0 Å². The number of nitrogens with zero attached hydrogens (tertiary/aromatic N) is 1. The van der Waals surface area contributed by atoms with Crippen molar-refractivity contribution in [1.29, 1.82) is 0 Å². The maximum atomic E-state index is 13.2. The van der Waals surface area contributed by atoms with Crippen molar-refractivity contribution in [2.75, 3.05) is 26.1 Å². The third-order valence-electron chi connectivity index (χ3n) is 5.54. The lowest BCUT2D eigenvalue weighted by Gasteiger charge is -2.38. The molecule has 3 aromatic carbocycles. The fourth-order valence-electron chi connectivity index (χ4n) is 3.96. The number of hydrogen-bond donors (Lipinski definition) is 1. The Balaban J connectivity index is 1.63. The molecule has 0 aromatic heterocycles. The molecule has 0 unspecified atom stereocenters. The lowest BCUT2D eigenvalue weighted by molar-refractivity contribution is 0.0683. The number of methoxy groups -OCH3 is 2. The smallest absolute Gasteiger partial charge is 0.257 e. The van der Waals surface area contributed by atoms with E-state index in [0.717, 1.165) is 34.7 Å². The molecular formula is C26H28N2O4. The molecule has 166 valence electrons. The summed E-state index contributed by atoms with van der Waals surface area (Å²) in [4.78, 5) is 15.1. The molecule has 0 spiro atoms. The van der Waals surface area contributed by atoms with Crippen LogP contribution in [0.1, 0.15) is 41.0 Å². The van der Waals surface area contributed by atoms with Gasteiger partial charge in [-0.05, 0) is 48.4 Å². The Labute approximate surface area is 188 Å². The predicted molar refractivity (Wildman–Crippen MR) is 124 cm³/mol. The zero-order chi connectivity index (χ0) is 22.5. The van der Waals surface area contributed by atoms with Crippen molar-refractivity contribution in [3.8, 4) is 17.2 Å². The summed E-state index contributed by atoms with van der Waals surface area (Å²) in [6, 6.07) is 21.1. The molecule has 0 bridgehead atoms. The summed E-state index contributed by atoms with van der Waals surface area (Å²) in [6.45, 7) is 3.06. The van der Waals surface area contributed by atoms with E-state index in [4.69, 9.17) is 14.2 Å². The summed E-state index contributed by atoms with van der Waals surface area (Å²) in [5, 5.41) is 3.54. The van der Waals surface area contributed by atoms with Crippen LogP contribution in [-0.4, -0.2) is 31.6 Å². The third-order valence-corrected chi connectivity index (χ3v) is 5.54. The molecule has 1 aliphatic heterocycles. The molecule has 6 nitrogen and oxygen atoms in total. The molecule has 0 saturated heterocycles. The quantitative estimate of drug-likeness (QED) is 0.526. The Kier molecular flexibility index (Phi) is 6.50. The fraction of sp³-hybridized carbons (Fsp3) is 0.269. The second kappa shape index (κ2) is 9.64. The number of para-hydroxylation sites is 1. The molecule has 1 N–H and O–H groups in total. The first-order valence-electron chi connectivity index (χ1n) is 10.7. The van der Waals surface area contributed by atoms with Crippen molar-refractivity contribution in [2.45, 2.75) is 26.1 Å². The molecule has 0 saturated carbocycles. The minimum absolute atomic E-state index is 0.0381. The van der Waals surface area contributed by atoms with Gasteiger partial charge in [-0.2, -0.15) is 0 Å². The van der Waals surface area contributed by atoms with Crippen LogP contribution in [-0.2, 0) is 6.61 Å². The Morgan fingerprint density at radius 3 is 2.53 bits per heavy atom. The number of fused-ring (bicyclic) bond motifs is 1. The Bertz CT molecular complexity index is 1100. The number of ether oxygens (including phenoxy) is 3. The van der Waals surface area contributed by atoms with Crippen LogP contribution in [0.5, 0.6) is 17.2 Å². The number of hydrogen-bond acceptors (Lipinski definition) is 5. The number of amides is 1. The average Bonchev–Trinajstić information content (AvgIpc) is 2.84. The first kappa shape index (κ1) is 21.6. The van der Waals surface area contributed by atoms with Crippen molar-refractivity contribution in [3.05, 3.63) is 83.4 Å². The number of rotatable bonds is 8. The zero-order valence-corrected chi connectivity index (χ0v) is 18.6. The van der Waals surface area contributed by atoms with Gasteiger partial charge in [0, 0.05) is 23.9 Å². The van der Waals surface area contributed by atoms with Gasteiger partial charge in [0.1, 0.15) is 30.0 Å². The van der Waals surface area contributed by atoms with Crippen LogP contribution >= 0.6 is 0 Å². The lowest BCUT2D eigenvalue weighted by atomic mass is 10.0. The SMILES string of the molecule is CCCN1C(=O)c2ccccc2N[C@@H]1c1ccc(OC)c(COc2cccc(OC)c2)c1. The zero-order valence-electron chi connectivity index (χ0n) is 18.6. The topological polar surface area (TPSA) is 60.0 Å². The molecule has 0 fully saturated rings. The molecule has 0 radical (unpaired) electrons. The first-order chi connectivity index (χ1) is 15.6. The number of anilines is 1. The Hall–Kier alpha value is -3.67. The molecule has 1 heterocycles. The lowest BCUT2D eigenvalue weighted by Crippen LogP contribution is -2.43. The third kappa shape index (κ3) is 4.35. The number of benzene rings is 3. The van der Waals surface area contributed by atoms with Crippen LogP contribution in [0.15, 0.2) is 66.7 Å². The maximum absolute atomic E-state index is 13.2. The Morgan fingerprint density at radius 2 is 1.75 bits per heavy atom. The van der Waals surface area contributed by atoms with Crippen LogP contribution in [0.25, 0.3) is 0 Å². The maximum Gasteiger partial charge on any atom is 0.257 e. The normalized spacial score (nSPS) is 15.0. The van der Waals surface area contributed by atoms with Gasteiger partial charge in [0.2, 0.25) is 0 Å². The highest BCUT2D eigenvalue weighted by Crippen LogP contribution is 2.35. The van der Waals surface area contributed by atoms with Gasteiger partial charge >= 0.3 is 0 Å². The van der Waals surface area contributed by atoms with Crippen LogP contribution in [0, 0.1) is 0 Å². The van der Waals surface area contributed by atoms with Gasteiger partial charge in [0.25, 0.3) is 5.91 Å². The molecule has 3 aromatic rings. The van der Waals surface area contributed by atoms with Crippen molar-refractivity contribution in [2.24, 2.45) is 0 Å². The molecule has 32 heavy (non-hydrogen) atoms. The average molecular weight is 433 g/mol. The largest absolute Gasteiger partial charge is 0.497 e. The summed E-state index contributed by atoms with van der Waals surface area (Å²) in [7, 11) is 3.27. The number of carbonyl (C=O) groups excluding carboxylic acids is 1. The minimum Gasteiger partial charge on any atom is -0.497 e. The molecule has 6 heteroatoms. The van der Waals surface area contributed by atoms with Gasteiger partial charge in [-0.15, -0.1) is 0 Å². The molecule has 0 aliphatic carbocycles. The Morgan fingerprint density at radius 1 is 0.938 bits per heavy atom. The number of carbonyl (C=O) groups is 1. The van der Waals surface area contributed by atoms with Crippen LogP contribution in [0.4, 0.5) is 5.69 Å². The summed E-state index contributed by atoms with van der Waals surface area (Å²) in [6.07, 6.45) is 0.604. The minimum atomic E-state index is -0.265. The van der Waals surface area contributed by atoms with Crippen molar-refractivity contribution in [3.63, 3.8) is 0 Å². The van der Waals surface area contributed by atoms with Gasteiger partial charge < -0.3 is 24.4 Å². The second-order valence-corrected chi connectivity index (χ2v) is 7.63. The van der Waals surface area contributed by atoms with Gasteiger partial charge in [-0.1, -0.05) is 31.2 Å². The molecule has 1 amide bonds. The molecule has 1 atom stereocenters. The van der Waals surface area contributed by atoms with Crippen LogP contribution < -0.4 is 19.5 Å². The highest BCUT2D eigenvalue weighted by Gasteiger charge is 2.32. The van der Waals surface area contributed by atoms with Gasteiger partial charge in [0.05, 0.1) is 19.8 Å². The van der Waals surface area contributed by atoms with Gasteiger partial charge in [0.15, 0.2) is 0 Å².